The van der Waals surface area contributed by atoms with Crippen LogP contribution in [0.4, 0.5) is 0 Å². The minimum atomic E-state index is 0.442. The largest absolute Gasteiger partial charge is 0.339 e. The summed E-state index contributed by atoms with van der Waals surface area (Å²) in [5, 5.41) is 7.91. The third-order valence-corrected chi connectivity index (χ3v) is 4.46. The topological polar surface area (TPSA) is 51.0 Å². The predicted molar refractivity (Wildman–Crippen MR) is 59.0 cm³/mol. The molecule has 0 radical (unpaired) electrons. The molecule has 0 aliphatic carbocycles. The van der Waals surface area contributed by atoms with Crippen molar-refractivity contribution in [1.82, 2.24) is 15.5 Å². The van der Waals surface area contributed by atoms with E-state index in [0.29, 0.717) is 11.2 Å². The van der Waals surface area contributed by atoms with E-state index in [1.807, 2.05) is 11.8 Å². The summed E-state index contributed by atoms with van der Waals surface area (Å²) in [6.45, 7) is 2.06. The third kappa shape index (κ3) is 1.90. The molecule has 0 aromatic carbocycles. The lowest BCUT2D eigenvalue weighted by atomic mass is 10.1. The van der Waals surface area contributed by atoms with Gasteiger partial charge in [-0.15, -0.1) is 0 Å². The zero-order chi connectivity index (χ0) is 10.1. The lowest BCUT2D eigenvalue weighted by molar-refractivity contribution is 0.354. The average Bonchev–Trinajstić information content (AvgIpc) is 3.02. The molecule has 3 rings (SSSR count). The van der Waals surface area contributed by atoms with Crippen LogP contribution in [0.15, 0.2) is 4.52 Å². The van der Waals surface area contributed by atoms with Crippen LogP contribution in [0.25, 0.3) is 0 Å². The third-order valence-electron chi connectivity index (χ3n) is 3.08. The maximum Gasteiger partial charge on any atom is 0.231 e. The molecule has 15 heavy (non-hydrogen) atoms. The van der Waals surface area contributed by atoms with Crippen LogP contribution in [0.1, 0.15) is 42.1 Å². The molecular formula is C10H15N3OS. The highest BCUT2D eigenvalue weighted by Gasteiger charge is 2.27. The molecule has 1 aromatic heterocycles. The molecule has 2 fully saturated rings. The fraction of sp³-hybridized carbons (Fsp3) is 0.800. The van der Waals surface area contributed by atoms with Crippen LogP contribution >= 0.6 is 11.8 Å². The minimum Gasteiger partial charge on any atom is -0.339 e. The molecule has 4 nitrogen and oxygen atoms in total. The van der Waals surface area contributed by atoms with Crippen LogP contribution in [0.5, 0.6) is 0 Å². The number of rotatable bonds is 2. The number of hydrogen-bond acceptors (Lipinski definition) is 5. The first-order valence-electron chi connectivity index (χ1n) is 5.59. The smallest absolute Gasteiger partial charge is 0.231 e. The summed E-state index contributed by atoms with van der Waals surface area (Å²) in [5.41, 5.74) is 0. The standard InChI is InChI=1S/C10H15N3OS/c1-2-8(15-5-1)9-12-10(14-13-9)7-3-4-11-6-7/h7-8,11H,1-6H2. The molecule has 2 aliphatic heterocycles. The average molecular weight is 225 g/mol. The Labute approximate surface area is 93.2 Å². The summed E-state index contributed by atoms with van der Waals surface area (Å²) in [4.78, 5) is 4.54. The molecule has 2 aliphatic rings. The summed E-state index contributed by atoms with van der Waals surface area (Å²) in [6, 6.07) is 0. The number of nitrogens with zero attached hydrogens (tertiary/aromatic N) is 2. The first-order chi connectivity index (χ1) is 7.43. The van der Waals surface area contributed by atoms with Gasteiger partial charge in [-0.2, -0.15) is 16.7 Å². The van der Waals surface area contributed by atoms with Gasteiger partial charge in [-0.3, -0.25) is 0 Å². The SMILES string of the molecule is C1CSC(c2noc(C3CCNC3)n2)C1. The highest BCUT2D eigenvalue weighted by Crippen LogP contribution is 2.38. The Bertz CT molecular complexity index is 299. The Balaban J connectivity index is 1.74. The van der Waals surface area contributed by atoms with Gasteiger partial charge in [0.25, 0.3) is 0 Å². The van der Waals surface area contributed by atoms with Gasteiger partial charge in [0.1, 0.15) is 0 Å². The number of nitrogens with one attached hydrogen (secondary N) is 1. The van der Waals surface area contributed by atoms with Gasteiger partial charge in [0.15, 0.2) is 5.82 Å². The molecule has 1 N–H and O–H groups in total. The lowest BCUT2D eigenvalue weighted by Crippen LogP contribution is -2.08. The van der Waals surface area contributed by atoms with E-state index >= 15 is 0 Å². The van der Waals surface area contributed by atoms with E-state index in [4.69, 9.17) is 4.52 Å². The van der Waals surface area contributed by atoms with Gasteiger partial charge < -0.3 is 9.84 Å². The van der Waals surface area contributed by atoms with Crippen molar-refractivity contribution in [2.75, 3.05) is 18.8 Å². The van der Waals surface area contributed by atoms with E-state index in [1.165, 1.54) is 18.6 Å². The Kier molecular flexibility index (Phi) is 2.66. The van der Waals surface area contributed by atoms with Crippen LogP contribution in [0.3, 0.4) is 0 Å². The van der Waals surface area contributed by atoms with Crippen molar-refractivity contribution in [3.8, 4) is 0 Å². The van der Waals surface area contributed by atoms with Gasteiger partial charge in [0.05, 0.1) is 11.2 Å². The van der Waals surface area contributed by atoms with Crippen LogP contribution in [-0.4, -0.2) is 29.0 Å². The van der Waals surface area contributed by atoms with Crippen LogP contribution in [-0.2, 0) is 0 Å². The molecule has 82 valence electrons. The van der Waals surface area contributed by atoms with Crippen molar-refractivity contribution >= 4 is 11.8 Å². The Morgan fingerprint density at radius 1 is 1.40 bits per heavy atom. The number of aromatic nitrogens is 2. The molecule has 2 atom stereocenters. The van der Waals surface area contributed by atoms with E-state index in [0.717, 1.165) is 31.2 Å². The monoisotopic (exact) mass is 225 g/mol. The summed E-state index contributed by atoms with van der Waals surface area (Å²) in [6.07, 6.45) is 3.61. The molecule has 0 bridgehead atoms. The van der Waals surface area contributed by atoms with Crippen LogP contribution < -0.4 is 5.32 Å². The molecular weight excluding hydrogens is 210 g/mol. The fourth-order valence-corrected chi connectivity index (χ4v) is 3.39. The molecule has 0 amide bonds. The predicted octanol–water partition coefficient (Wildman–Crippen LogP) is 1.71. The Morgan fingerprint density at radius 2 is 2.40 bits per heavy atom. The van der Waals surface area contributed by atoms with E-state index < -0.39 is 0 Å². The minimum absolute atomic E-state index is 0.442. The lowest BCUT2D eigenvalue weighted by Gasteiger charge is -2.00. The normalized spacial score (nSPS) is 31.2. The molecule has 1 aromatic rings. The van der Waals surface area contributed by atoms with Crippen molar-refractivity contribution in [1.29, 1.82) is 0 Å². The number of thioether (sulfide) groups is 1. The van der Waals surface area contributed by atoms with E-state index in [9.17, 15) is 0 Å². The zero-order valence-corrected chi connectivity index (χ0v) is 9.42. The first-order valence-corrected chi connectivity index (χ1v) is 6.64. The van der Waals surface area contributed by atoms with Gasteiger partial charge >= 0.3 is 0 Å². The van der Waals surface area contributed by atoms with Gasteiger partial charge in [0.2, 0.25) is 5.89 Å². The molecule has 0 spiro atoms. The second-order valence-corrected chi connectivity index (χ2v) is 5.49. The van der Waals surface area contributed by atoms with Crippen molar-refractivity contribution in [2.24, 2.45) is 0 Å². The van der Waals surface area contributed by atoms with E-state index in [1.54, 1.807) is 0 Å². The van der Waals surface area contributed by atoms with Crippen LogP contribution in [0, 0.1) is 0 Å². The Morgan fingerprint density at radius 3 is 3.13 bits per heavy atom. The first kappa shape index (κ1) is 9.66. The second-order valence-electron chi connectivity index (χ2n) is 4.18. The summed E-state index contributed by atoms with van der Waals surface area (Å²) in [5.74, 6) is 3.43. The summed E-state index contributed by atoms with van der Waals surface area (Å²) >= 11 is 1.95. The quantitative estimate of drug-likeness (QED) is 0.830. The summed E-state index contributed by atoms with van der Waals surface area (Å²) < 4.78 is 5.35. The van der Waals surface area contributed by atoms with E-state index in [-0.39, 0.29) is 0 Å². The fourth-order valence-electron chi connectivity index (χ4n) is 2.19. The Hall–Kier alpha value is -0.550. The van der Waals surface area contributed by atoms with Crippen LogP contribution in [0.2, 0.25) is 0 Å². The highest BCUT2D eigenvalue weighted by molar-refractivity contribution is 7.99. The van der Waals surface area contributed by atoms with Gasteiger partial charge in [-0.05, 0) is 31.6 Å². The van der Waals surface area contributed by atoms with Gasteiger partial charge in [0, 0.05) is 6.54 Å². The molecule has 3 heterocycles. The van der Waals surface area contributed by atoms with Crippen molar-refractivity contribution in [3.63, 3.8) is 0 Å². The zero-order valence-electron chi connectivity index (χ0n) is 8.61. The van der Waals surface area contributed by atoms with Crippen molar-refractivity contribution in [3.05, 3.63) is 11.7 Å². The van der Waals surface area contributed by atoms with Crippen molar-refractivity contribution < 1.29 is 4.52 Å². The van der Waals surface area contributed by atoms with Gasteiger partial charge in [-0.1, -0.05) is 5.16 Å². The van der Waals surface area contributed by atoms with E-state index in [2.05, 4.69) is 15.5 Å². The molecule has 2 unspecified atom stereocenters. The second kappa shape index (κ2) is 4.14. The summed E-state index contributed by atoms with van der Waals surface area (Å²) in [7, 11) is 0. The van der Waals surface area contributed by atoms with Crippen molar-refractivity contribution in [2.45, 2.75) is 30.4 Å². The maximum atomic E-state index is 5.35. The molecule has 0 saturated carbocycles. The maximum absolute atomic E-state index is 5.35. The van der Waals surface area contributed by atoms with Gasteiger partial charge in [-0.25, -0.2) is 0 Å². The number of hydrogen-bond donors (Lipinski definition) is 1. The molecule has 2 saturated heterocycles. The molecule has 5 heteroatoms. The highest BCUT2D eigenvalue weighted by atomic mass is 32.2.